The van der Waals surface area contributed by atoms with E-state index in [9.17, 15) is 8.42 Å². The zero-order valence-electron chi connectivity index (χ0n) is 12.0. The van der Waals surface area contributed by atoms with Crippen molar-refractivity contribution in [3.05, 3.63) is 0 Å². The second-order valence-electron chi connectivity index (χ2n) is 5.45. The van der Waals surface area contributed by atoms with Crippen LogP contribution in [0.1, 0.15) is 19.3 Å². The van der Waals surface area contributed by atoms with Crippen molar-refractivity contribution in [3.8, 4) is 0 Å². The van der Waals surface area contributed by atoms with Gasteiger partial charge in [-0.25, -0.2) is 0 Å². The Labute approximate surface area is 116 Å². The van der Waals surface area contributed by atoms with Gasteiger partial charge >= 0.3 is 0 Å². The molecule has 1 aliphatic heterocycles. The van der Waals surface area contributed by atoms with Crippen LogP contribution in [0.5, 0.6) is 0 Å². The molecule has 2 aliphatic rings. The third kappa shape index (κ3) is 3.88. The molecule has 0 radical (unpaired) electrons. The van der Waals surface area contributed by atoms with E-state index in [1.807, 2.05) is 7.05 Å². The van der Waals surface area contributed by atoms with Gasteiger partial charge in [0.1, 0.15) is 0 Å². The van der Waals surface area contributed by atoms with Gasteiger partial charge in [0.15, 0.2) is 0 Å². The van der Waals surface area contributed by atoms with Crippen LogP contribution in [0.25, 0.3) is 0 Å². The van der Waals surface area contributed by atoms with Crippen molar-refractivity contribution in [1.29, 1.82) is 0 Å². The smallest absolute Gasteiger partial charge is 0.281 e. The van der Waals surface area contributed by atoms with Crippen molar-refractivity contribution in [2.24, 2.45) is 0 Å². The van der Waals surface area contributed by atoms with Gasteiger partial charge in [-0.15, -0.1) is 0 Å². The molecule has 0 amide bonds. The van der Waals surface area contributed by atoms with Crippen molar-refractivity contribution in [1.82, 2.24) is 18.8 Å². The van der Waals surface area contributed by atoms with Crippen molar-refractivity contribution in [2.45, 2.75) is 25.3 Å². The zero-order valence-corrected chi connectivity index (χ0v) is 12.8. The summed E-state index contributed by atoms with van der Waals surface area (Å²) in [5, 5.41) is 3.04. The van der Waals surface area contributed by atoms with E-state index in [0.717, 1.165) is 32.1 Å². The number of nitrogens with zero attached hydrogens (tertiary/aromatic N) is 3. The minimum absolute atomic E-state index is 0.575. The highest BCUT2D eigenvalue weighted by Crippen LogP contribution is 2.28. The highest BCUT2D eigenvalue weighted by Gasteiger charge is 2.35. The van der Waals surface area contributed by atoms with Crippen LogP contribution in [0, 0.1) is 0 Å². The summed E-state index contributed by atoms with van der Waals surface area (Å²) in [6.07, 6.45) is 3.42. The maximum atomic E-state index is 12.4. The molecule has 6 nitrogen and oxygen atoms in total. The Hall–Kier alpha value is -0.210. The Bertz CT molecular complexity index is 375. The normalized spacial score (nSPS) is 23.1. The summed E-state index contributed by atoms with van der Waals surface area (Å²) in [7, 11) is 0.300. The molecule has 1 heterocycles. The van der Waals surface area contributed by atoms with E-state index in [1.54, 1.807) is 11.4 Å². The van der Waals surface area contributed by atoms with Crippen LogP contribution in [0.3, 0.4) is 0 Å². The first-order valence-corrected chi connectivity index (χ1v) is 8.55. The number of hydrogen-bond acceptors (Lipinski definition) is 4. The highest BCUT2D eigenvalue weighted by molar-refractivity contribution is 7.86. The molecule has 2 rings (SSSR count). The fourth-order valence-electron chi connectivity index (χ4n) is 2.53. The topological polar surface area (TPSA) is 55.9 Å². The molecule has 0 aromatic heterocycles. The molecule has 0 aromatic rings. The van der Waals surface area contributed by atoms with E-state index in [-0.39, 0.29) is 0 Å². The minimum atomic E-state index is -3.26. The second kappa shape index (κ2) is 6.49. The summed E-state index contributed by atoms with van der Waals surface area (Å²) in [6, 6.07) is 0.734. The molecular weight excluding hydrogens is 264 g/mol. The van der Waals surface area contributed by atoms with Gasteiger partial charge in [-0.05, 0) is 32.9 Å². The lowest BCUT2D eigenvalue weighted by Gasteiger charge is -2.35. The van der Waals surface area contributed by atoms with E-state index in [4.69, 9.17) is 0 Å². The van der Waals surface area contributed by atoms with Crippen molar-refractivity contribution >= 4 is 10.2 Å². The summed E-state index contributed by atoms with van der Waals surface area (Å²) >= 11 is 0. The van der Waals surface area contributed by atoms with E-state index in [0.29, 0.717) is 19.6 Å². The summed E-state index contributed by atoms with van der Waals surface area (Å²) in [5.74, 6) is 0. The summed E-state index contributed by atoms with van der Waals surface area (Å²) in [5.41, 5.74) is 0. The Balaban J connectivity index is 1.81. The predicted octanol–water partition coefficient (Wildman–Crippen LogP) is -0.447. The molecule has 7 heteroatoms. The van der Waals surface area contributed by atoms with Crippen LogP contribution in [0.15, 0.2) is 0 Å². The molecule has 0 aromatic carbocycles. The van der Waals surface area contributed by atoms with Gasteiger partial charge in [0, 0.05) is 45.8 Å². The molecular formula is C12H26N4O2S. The van der Waals surface area contributed by atoms with Gasteiger partial charge in [-0.3, -0.25) is 4.90 Å². The van der Waals surface area contributed by atoms with Gasteiger partial charge in [0.2, 0.25) is 0 Å². The Morgan fingerprint density at radius 1 is 1.21 bits per heavy atom. The molecule has 0 bridgehead atoms. The average molecular weight is 290 g/mol. The number of rotatable bonds is 7. The van der Waals surface area contributed by atoms with Crippen molar-refractivity contribution < 1.29 is 8.42 Å². The molecule has 19 heavy (non-hydrogen) atoms. The molecule has 1 saturated heterocycles. The van der Waals surface area contributed by atoms with Gasteiger partial charge in [-0.2, -0.15) is 17.0 Å². The first-order valence-electron chi connectivity index (χ1n) is 7.16. The van der Waals surface area contributed by atoms with Gasteiger partial charge < -0.3 is 5.32 Å². The fraction of sp³-hybridized carbons (Fsp3) is 1.00. The lowest BCUT2D eigenvalue weighted by atomic mass is 10.3. The first kappa shape index (κ1) is 15.2. The Morgan fingerprint density at radius 2 is 1.84 bits per heavy atom. The molecule has 2 fully saturated rings. The van der Waals surface area contributed by atoms with Crippen LogP contribution in [-0.2, 0) is 10.2 Å². The van der Waals surface area contributed by atoms with Crippen molar-refractivity contribution in [3.63, 3.8) is 0 Å². The van der Waals surface area contributed by atoms with E-state index < -0.39 is 10.2 Å². The minimum Gasteiger partial charge on any atom is -0.320 e. The van der Waals surface area contributed by atoms with E-state index in [1.165, 1.54) is 17.1 Å². The number of piperazine rings is 1. The summed E-state index contributed by atoms with van der Waals surface area (Å²) in [4.78, 5) is 2.42. The van der Waals surface area contributed by atoms with Crippen LogP contribution in [-0.4, -0.2) is 81.3 Å². The molecule has 0 atom stereocenters. The quantitative estimate of drug-likeness (QED) is 0.646. The molecule has 112 valence electrons. The third-order valence-corrected chi connectivity index (χ3v) is 5.94. The maximum absolute atomic E-state index is 12.4. The summed E-state index contributed by atoms with van der Waals surface area (Å²) < 4.78 is 27.9. The molecule has 0 unspecified atom stereocenters. The van der Waals surface area contributed by atoms with Gasteiger partial charge in [0.25, 0.3) is 10.2 Å². The third-order valence-electron chi connectivity index (χ3n) is 3.96. The van der Waals surface area contributed by atoms with Crippen LogP contribution >= 0.6 is 0 Å². The highest BCUT2D eigenvalue weighted by atomic mass is 32.2. The van der Waals surface area contributed by atoms with E-state index >= 15 is 0 Å². The summed E-state index contributed by atoms with van der Waals surface area (Å²) in [6.45, 7) is 4.45. The van der Waals surface area contributed by atoms with Crippen LogP contribution in [0.4, 0.5) is 0 Å². The monoisotopic (exact) mass is 290 g/mol. The van der Waals surface area contributed by atoms with Crippen molar-refractivity contribution in [2.75, 3.05) is 53.4 Å². The van der Waals surface area contributed by atoms with Gasteiger partial charge in [-0.1, -0.05) is 0 Å². The maximum Gasteiger partial charge on any atom is 0.281 e. The number of nitrogens with one attached hydrogen (secondary N) is 1. The number of hydrogen-bond donors (Lipinski definition) is 1. The Morgan fingerprint density at radius 3 is 2.37 bits per heavy atom. The predicted molar refractivity (Wildman–Crippen MR) is 76.3 cm³/mol. The van der Waals surface area contributed by atoms with Crippen LogP contribution < -0.4 is 5.32 Å². The average Bonchev–Trinajstić information content (AvgIpc) is 3.23. The fourth-order valence-corrected chi connectivity index (χ4v) is 3.91. The zero-order chi connectivity index (χ0) is 13.9. The molecule has 0 spiro atoms. The lowest BCUT2D eigenvalue weighted by molar-refractivity contribution is 0.175. The SMILES string of the molecule is CNCCCN(C)S(=O)(=O)N1CCN(C2CC2)CC1. The molecule has 1 saturated carbocycles. The largest absolute Gasteiger partial charge is 0.320 e. The molecule has 1 aliphatic carbocycles. The van der Waals surface area contributed by atoms with Crippen LogP contribution in [0.2, 0.25) is 0 Å². The Kier molecular flexibility index (Phi) is 5.19. The first-order chi connectivity index (χ1) is 9.05. The molecule has 1 N–H and O–H groups in total. The standard InChI is InChI=1S/C12H26N4O2S/c1-13-6-3-7-14(2)19(17,18)16-10-8-15(9-11-16)12-4-5-12/h12-13H,3-11H2,1-2H3. The lowest BCUT2D eigenvalue weighted by Crippen LogP contribution is -2.52. The second-order valence-corrected chi connectivity index (χ2v) is 7.49. The van der Waals surface area contributed by atoms with Gasteiger partial charge in [0.05, 0.1) is 0 Å². The van der Waals surface area contributed by atoms with E-state index in [2.05, 4.69) is 10.2 Å².